The van der Waals surface area contributed by atoms with Crippen LogP contribution < -0.4 is 5.32 Å². The van der Waals surface area contributed by atoms with Crippen molar-refractivity contribution in [3.8, 4) is 0 Å². The first-order chi connectivity index (χ1) is 6.83. The van der Waals surface area contributed by atoms with Gasteiger partial charge in [0.25, 0.3) is 0 Å². The molecule has 0 unspecified atom stereocenters. The van der Waals surface area contributed by atoms with Crippen molar-refractivity contribution in [1.82, 2.24) is 15.5 Å². The van der Waals surface area contributed by atoms with Crippen LogP contribution in [0.5, 0.6) is 0 Å². The van der Waals surface area contributed by atoms with Gasteiger partial charge in [0.05, 0.1) is 12.1 Å². The van der Waals surface area contributed by atoms with E-state index in [-0.39, 0.29) is 12.1 Å². The zero-order valence-electron chi connectivity index (χ0n) is 7.81. The quantitative estimate of drug-likeness (QED) is 0.712. The topological polar surface area (TPSA) is 71.2 Å². The highest BCUT2D eigenvalue weighted by molar-refractivity contribution is 5.06. The molecule has 0 spiro atoms. The van der Waals surface area contributed by atoms with Gasteiger partial charge >= 0.3 is 0 Å². The Labute approximate surface area is 81.5 Å². The van der Waals surface area contributed by atoms with Gasteiger partial charge in [-0.15, -0.1) is 0 Å². The molecule has 1 saturated heterocycles. The first-order valence-corrected chi connectivity index (χ1v) is 5.08. The molecule has 3 rings (SSSR count). The zero-order chi connectivity index (χ0) is 9.54. The Morgan fingerprint density at radius 1 is 1.43 bits per heavy atom. The van der Waals surface area contributed by atoms with Crippen LogP contribution in [0.2, 0.25) is 0 Å². The van der Waals surface area contributed by atoms with Crippen molar-refractivity contribution >= 4 is 0 Å². The van der Waals surface area contributed by atoms with Crippen LogP contribution in [0.15, 0.2) is 4.52 Å². The summed E-state index contributed by atoms with van der Waals surface area (Å²) in [4.78, 5) is 4.34. The van der Waals surface area contributed by atoms with Gasteiger partial charge in [-0.05, 0) is 19.3 Å². The molecular weight excluding hydrogens is 182 g/mol. The minimum atomic E-state index is -0.281. The number of aliphatic hydroxyl groups excluding tert-OH is 1. The number of hydrogen-bond acceptors (Lipinski definition) is 5. The minimum Gasteiger partial charge on any atom is -0.392 e. The van der Waals surface area contributed by atoms with Gasteiger partial charge in [0.2, 0.25) is 5.89 Å². The van der Waals surface area contributed by atoms with E-state index in [4.69, 9.17) is 4.52 Å². The molecule has 2 heterocycles. The van der Waals surface area contributed by atoms with Crippen molar-refractivity contribution in [3.05, 3.63) is 11.7 Å². The lowest BCUT2D eigenvalue weighted by Gasteiger charge is -2.01. The van der Waals surface area contributed by atoms with E-state index in [1.165, 1.54) is 12.8 Å². The van der Waals surface area contributed by atoms with Gasteiger partial charge in [0, 0.05) is 12.5 Å². The highest BCUT2D eigenvalue weighted by Crippen LogP contribution is 2.38. The van der Waals surface area contributed by atoms with Gasteiger partial charge in [-0.25, -0.2) is 0 Å². The van der Waals surface area contributed by atoms with Crippen molar-refractivity contribution < 1.29 is 9.63 Å². The second-order valence-electron chi connectivity index (χ2n) is 4.12. The molecule has 1 aromatic heterocycles. The van der Waals surface area contributed by atoms with E-state index in [0.29, 0.717) is 24.8 Å². The van der Waals surface area contributed by atoms with Crippen LogP contribution in [-0.2, 0) is 0 Å². The second kappa shape index (κ2) is 3.03. The standard InChI is InChI=1S/C9H13N3O2/c13-6-3-7(10-4-6)9-11-8(12-14-9)5-1-2-5/h5-7,10,13H,1-4H2/t6-,7-/m0/s1. The number of hydrogen-bond donors (Lipinski definition) is 2. The third-order valence-corrected chi connectivity index (χ3v) is 2.81. The predicted octanol–water partition coefficient (Wildman–Crippen LogP) is 0.342. The summed E-state index contributed by atoms with van der Waals surface area (Å²) in [7, 11) is 0. The molecular formula is C9H13N3O2. The number of aliphatic hydroxyl groups is 1. The van der Waals surface area contributed by atoms with E-state index >= 15 is 0 Å². The molecule has 0 amide bonds. The molecule has 5 heteroatoms. The van der Waals surface area contributed by atoms with Crippen LogP contribution in [0.4, 0.5) is 0 Å². The Hall–Kier alpha value is -0.940. The Morgan fingerprint density at radius 3 is 2.93 bits per heavy atom. The fourth-order valence-corrected chi connectivity index (χ4v) is 1.80. The van der Waals surface area contributed by atoms with Crippen molar-refractivity contribution in [3.63, 3.8) is 0 Å². The molecule has 1 aliphatic carbocycles. The summed E-state index contributed by atoms with van der Waals surface area (Å²) in [5.74, 6) is 1.99. The Bertz CT molecular complexity index is 335. The smallest absolute Gasteiger partial charge is 0.243 e. The maximum absolute atomic E-state index is 9.34. The average molecular weight is 195 g/mol. The molecule has 2 aliphatic rings. The SMILES string of the molecule is O[C@@H]1CN[C@H](c2nc(C3CC3)no2)C1. The maximum Gasteiger partial charge on any atom is 0.243 e. The molecule has 5 nitrogen and oxygen atoms in total. The Kier molecular flexibility index (Phi) is 1.81. The molecule has 2 N–H and O–H groups in total. The van der Waals surface area contributed by atoms with Gasteiger partial charge in [0.1, 0.15) is 0 Å². The van der Waals surface area contributed by atoms with E-state index in [9.17, 15) is 5.11 Å². The number of nitrogens with zero attached hydrogens (tertiary/aromatic N) is 2. The third-order valence-electron chi connectivity index (χ3n) is 2.81. The fraction of sp³-hybridized carbons (Fsp3) is 0.778. The molecule has 0 aromatic carbocycles. The largest absolute Gasteiger partial charge is 0.392 e. The van der Waals surface area contributed by atoms with E-state index in [0.717, 1.165) is 5.82 Å². The monoisotopic (exact) mass is 195 g/mol. The van der Waals surface area contributed by atoms with Gasteiger partial charge in [-0.3, -0.25) is 0 Å². The average Bonchev–Trinajstić information content (AvgIpc) is 2.76. The molecule has 76 valence electrons. The molecule has 1 saturated carbocycles. The maximum atomic E-state index is 9.34. The Balaban J connectivity index is 1.75. The lowest BCUT2D eigenvalue weighted by molar-refractivity contribution is 0.191. The first-order valence-electron chi connectivity index (χ1n) is 5.08. The molecule has 2 fully saturated rings. The molecule has 14 heavy (non-hydrogen) atoms. The van der Waals surface area contributed by atoms with Crippen molar-refractivity contribution in [1.29, 1.82) is 0 Å². The normalized spacial score (nSPS) is 32.4. The van der Waals surface area contributed by atoms with E-state index in [1.807, 2.05) is 0 Å². The van der Waals surface area contributed by atoms with E-state index in [1.54, 1.807) is 0 Å². The summed E-state index contributed by atoms with van der Waals surface area (Å²) in [5.41, 5.74) is 0. The van der Waals surface area contributed by atoms with Crippen LogP contribution in [0.25, 0.3) is 0 Å². The summed E-state index contributed by atoms with van der Waals surface area (Å²) in [6, 6.07) is 0.0463. The highest BCUT2D eigenvalue weighted by Gasteiger charge is 2.32. The van der Waals surface area contributed by atoms with Crippen LogP contribution in [0, 0.1) is 0 Å². The highest BCUT2D eigenvalue weighted by atomic mass is 16.5. The van der Waals surface area contributed by atoms with E-state index in [2.05, 4.69) is 15.5 Å². The summed E-state index contributed by atoms with van der Waals surface area (Å²) >= 11 is 0. The molecule has 2 atom stereocenters. The summed E-state index contributed by atoms with van der Waals surface area (Å²) in [6.07, 6.45) is 2.75. The number of β-amino-alcohol motifs (C(OH)–C–C–N with tert-alkyl or cyclic N) is 1. The number of rotatable bonds is 2. The number of nitrogens with one attached hydrogen (secondary N) is 1. The fourth-order valence-electron chi connectivity index (χ4n) is 1.80. The van der Waals surface area contributed by atoms with Crippen molar-refractivity contribution in [2.75, 3.05) is 6.54 Å². The van der Waals surface area contributed by atoms with Gasteiger partial charge in [-0.2, -0.15) is 4.98 Å². The van der Waals surface area contributed by atoms with Gasteiger partial charge in [0.15, 0.2) is 5.82 Å². The van der Waals surface area contributed by atoms with Crippen LogP contribution in [-0.4, -0.2) is 27.9 Å². The predicted molar refractivity (Wildman–Crippen MR) is 47.6 cm³/mol. The van der Waals surface area contributed by atoms with Gasteiger partial charge in [-0.1, -0.05) is 5.16 Å². The minimum absolute atomic E-state index is 0.0463. The van der Waals surface area contributed by atoms with Gasteiger partial charge < -0.3 is 14.9 Å². The number of aromatic nitrogens is 2. The van der Waals surface area contributed by atoms with Crippen LogP contribution in [0.3, 0.4) is 0 Å². The lowest BCUT2D eigenvalue weighted by Crippen LogP contribution is -2.15. The molecule has 1 aromatic rings. The summed E-state index contributed by atoms with van der Waals surface area (Å²) < 4.78 is 5.16. The third kappa shape index (κ3) is 1.42. The lowest BCUT2D eigenvalue weighted by atomic mass is 10.2. The molecule has 0 radical (unpaired) electrons. The van der Waals surface area contributed by atoms with Crippen LogP contribution in [0.1, 0.15) is 42.9 Å². The Morgan fingerprint density at radius 2 is 2.29 bits per heavy atom. The zero-order valence-corrected chi connectivity index (χ0v) is 7.81. The molecule has 0 bridgehead atoms. The van der Waals surface area contributed by atoms with E-state index < -0.39 is 0 Å². The van der Waals surface area contributed by atoms with Crippen LogP contribution >= 0.6 is 0 Å². The van der Waals surface area contributed by atoms with Crippen molar-refractivity contribution in [2.24, 2.45) is 0 Å². The summed E-state index contributed by atoms with van der Waals surface area (Å²) in [5, 5.41) is 16.4. The molecule has 1 aliphatic heterocycles. The van der Waals surface area contributed by atoms with Crippen molar-refractivity contribution in [2.45, 2.75) is 37.3 Å². The first kappa shape index (κ1) is 8.38. The second-order valence-corrected chi connectivity index (χ2v) is 4.12. The summed E-state index contributed by atoms with van der Waals surface area (Å²) in [6.45, 7) is 0.617.